The molecule has 0 fully saturated rings. The Kier molecular flexibility index (Phi) is 2.82. The molecule has 7 nitrogen and oxygen atoms in total. The maximum atomic E-state index is 5.54. The lowest BCUT2D eigenvalue weighted by molar-refractivity contribution is 0.00151. The zero-order chi connectivity index (χ0) is 14.1. The van der Waals surface area contributed by atoms with Crippen molar-refractivity contribution in [3.05, 3.63) is 48.5 Å². The first-order valence-corrected chi connectivity index (χ1v) is 6.56. The van der Waals surface area contributed by atoms with Crippen LogP contribution < -0.4 is 0 Å². The van der Waals surface area contributed by atoms with Crippen LogP contribution in [0.1, 0.15) is 0 Å². The van der Waals surface area contributed by atoms with Gasteiger partial charge < -0.3 is 4.74 Å². The average molecular weight is 280 g/mol. The van der Waals surface area contributed by atoms with E-state index >= 15 is 0 Å². The Morgan fingerprint density at radius 3 is 1.29 bits per heavy atom. The van der Waals surface area contributed by atoms with E-state index in [0.717, 1.165) is 22.1 Å². The van der Waals surface area contributed by atoms with Crippen LogP contribution in [0, 0.1) is 0 Å². The molecule has 0 bridgehead atoms. The molecule has 21 heavy (non-hydrogen) atoms. The Labute approximate surface area is 119 Å². The van der Waals surface area contributed by atoms with Crippen molar-refractivity contribution in [2.24, 2.45) is 0 Å². The maximum absolute atomic E-state index is 5.54. The second-order valence-electron chi connectivity index (χ2n) is 4.58. The van der Waals surface area contributed by atoms with Crippen LogP contribution in [-0.2, 0) is 18.2 Å². The summed E-state index contributed by atoms with van der Waals surface area (Å²) >= 11 is 0. The second-order valence-corrected chi connectivity index (χ2v) is 4.58. The molecule has 0 saturated heterocycles. The molecule has 0 unspecified atom stereocenters. The summed E-state index contributed by atoms with van der Waals surface area (Å²) < 4.78 is 5.54. The highest BCUT2D eigenvalue weighted by Crippen LogP contribution is 2.08. The minimum absolute atomic E-state index is 0.257. The number of benzene rings is 2. The predicted octanol–water partition coefficient (Wildman–Crippen LogP) is 1.81. The van der Waals surface area contributed by atoms with Gasteiger partial charge in [-0.25, -0.2) is 0 Å². The van der Waals surface area contributed by atoms with Gasteiger partial charge in [-0.05, 0) is 24.3 Å². The molecule has 0 amide bonds. The fourth-order valence-electron chi connectivity index (χ4n) is 2.13. The number of rotatable bonds is 4. The Balaban J connectivity index is 1.44. The van der Waals surface area contributed by atoms with Crippen LogP contribution in [0.2, 0.25) is 0 Å². The number of nitrogens with zero attached hydrogens (tertiary/aromatic N) is 6. The first-order chi connectivity index (χ1) is 10.4. The van der Waals surface area contributed by atoms with Crippen molar-refractivity contribution in [3.8, 4) is 0 Å². The third-order valence-corrected chi connectivity index (χ3v) is 3.07. The number of aromatic nitrogens is 6. The molecule has 0 N–H and O–H groups in total. The number of hydrogen-bond donors (Lipinski definition) is 0. The van der Waals surface area contributed by atoms with E-state index in [1.54, 1.807) is 0 Å². The van der Waals surface area contributed by atoms with Crippen LogP contribution in [0.4, 0.5) is 0 Å². The van der Waals surface area contributed by atoms with Gasteiger partial charge >= 0.3 is 0 Å². The first-order valence-electron chi connectivity index (χ1n) is 6.56. The summed E-state index contributed by atoms with van der Waals surface area (Å²) in [4.78, 5) is 3.04. The third-order valence-electron chi connectivity index (χ3n) is 3.07. The van der Waals surface area contributed by atoms with Gasteiger partial charge in [-0.15, -0.1) is 0 Å². The molecule has 0 aliphatic carbocycles. The zero-order valence-corrected chi connectivity index (χ0v) is 11.1. The van der Waals surface area contributed by atoms with Gasteiger partial charge in [0.25, 0.3) is 0 Å². The SMILES string of the molecule is c1ccc2nn(COCn3nc4ccccc4n3)nc2c1. The van der Waals surface area contributed by atoms with E-state index in [0.29, 0.717) is 0 Å². The molecule has 0 radical (unpaired) electrons. The molecule has 0 aliphatic heterocycles. The van der Waals surface area contributed by atoms with Crippen molar-refractivity contribution in [1.29, 1.82) is 0 Å². The van der Waals surface area contributed by atoms with Crippen LogP contribution in [0.25, 0.3) is 22.1 Å². The van der Waals surface area contributed by atoms with Gasteiger partial charge in [0, 0.05) is 0 Å². The van der Waals surface area contributed by atoms with Crippen LogP contribution in [0.15, 0.2) is 48.5 Å². The van der Waals surface area contributed by atoms with Crippen LogP contribution in [-0.4, -0.2) is 30.0 Å². The summed E-state index contributed by atoms with van der Waals surface area (Å²) in [5.41, 5.74) is 3.40. The van der Waals surface area contributed by atoms with Crippen molar-refractivity contribution < 1.29 is 4.74 Å². The number of fused-ring (bicyclic) bond motifs is 2. The van der Waals surface area contributed by atoms with Gasteiger partial charge in [-0.3, -0.25) is 0 Å². The van der Waals surface area contributed by atoms with Gasteiger partial charge in [0.2, 0.25) is 0 Å². The molecule has 4 aromatic rings. The van der Waals surface area contributed by atoms with Crippen molar-refractivity contribution in [2.75, 3.05) is 0 Å². The predicted molar refractivity (Wildman–Crippen MR) is 76.1 cm³/mol. The van der Waals surface area contributed by atoms with E-state index in [2.05, 4.69) is 20.4 Å². The molecule has 2 aromatic carbocycles. The van der Waals surface area contributed by atoms with Crippen molar-refractivity contribution >= 4 is 22.1 Å². The number of ether oxygens (including phenoxy) is 1. The lowest BCUT2D eigenvalue weighted by atomic mass is 10.3. The van der Waals surface area contributed by atoms with E-state index in [1.165, 1.54) is 9.59 Å². The largest absolute Gasteiger partial charge is 0.333 e. The smallest absolute Gasteiger partial charge is 0.161 e. The Morgan fingerprint density at radius 2 is 0.952 bits per heavy atom. The van der Waals surface area contributed by atoms with Gasteiger partial charge in [-0.1, -0.05) is 24.3 Å². The van der Waals surface area contributed by atoms with Crippen molar-refractivity contribution in [2.45, 2.75) is 13.5 Å². The highest BCUT2D eigenvalue weighted by atomic mass is 16.5. The minimum atomic E-state index is 0.257. The van der Waals surface area contributed by atoms with Crippen LogP contribution >= 0.6 is 0 Å². The summed E-state index contributed by atoms with van der Waals surface area (Å²) in [7, 11) is 0. The fraction of sp³-hybridized carbons (Fsp3) is 0.143. The lowest BCUT2D eigenvalue weighted by Crippen LogP contribution is -2.11. The molecule has 0 atom stereocenters. The standard InChI is InChI=1S/C14H12N6O/c1-2-6-12-11(5-1)15-19(16-12)9-21-10-20-17-13-7-3-4-8-14(13)18-20/h1-8H,9-10H2. The highest BCUT2D eigenvalue weighted by Gasteiger charge is 2.03. The summed E-state index contributed by atoms with van der Waals surface area (Å²) in [6.07, 6.45) is 0. The fourth-order valence-corrected chi connectivity index (χ4v) is 2.13. The van der Waals surface area contributed by atoms with E-state index in [4.69, 9.17) is 4.74 Å². The Bertz CT molecular complexity index is 756. The molecule has 4 rings (SSSR count). The van der Waals surface area contributed by atoms with E-state index in [9.17, 15) is 0 Å². The quantitative estimate of drug-likeness (QED) is 0.570. The van der Waals surface area contributed by atoms with Gasteiger partial charge in [0.1, 0.15) is 22.1 Å². The molecule has 104 valence electrons. The monoisotopic (exact) mass is 280 g/mol. The van der Waals surface area contributed by atoms with Gasteiger partial charge in [0.15, 0.2) is 13.5 Å². The number of hydrogen-bond acceptors (Lipinski definition) is 5. The maximum Gasteiger partial charge on any atom is 0.161 e. The topological polar surface area (TPSA) is 70.7 Å². The normalized spacial score (nSPS) is 11.4. The first kappa shape index (κ1) is 12.0. The molecule has 2 aromatic heterocycles. The molecule has 2 heterocycles. The molecule has 0 spiro atoms. The molecular formula is C14H12N6O. The summed E-state index contributed by atoms with van der Waals surface area (Å²) in [6.45, 7) is 0.513. The van der Waals surface area contributed by atoms with Crippen molar-refractivity contribution in [1.82, 2.24) is 30.0 Å². The molecule has 0 saturated carbocycles. The van der Waals surface area contributed by atoms with Gasteiger partial charge in [-0.2, -0.15) is 30.0 Å². The second kappa shape index (κ2) is 4.95. The highest BCUT2D eigenvalue weighted by molar-refractivity contribution is 5.73. The lowest BCUT2D eigenvalue weighted by Gasteiger charge is -2.01. The van der Waals surface area contributed by atoms with E-state index < -0.39 is 0 Å². The average Bonchev–Trinajstić information content (AvgIpc) is 3.09. The van der Waals surface area contributed by atoms with E-state index in [-0.39, 0.29) is 13.5 Å². The Morgan fingerprint density at radius 1 is 0.619 bits per heavy atom. The van der Waals surface area contributed by atoms with Crippen molar-refractivity contribution in [3.63, 3.8) is 0 Å². The molecule has 7 heteroatoms. The minimum Gasteiger partial charge on any atom is -0.333 e. The van der Waals surface area contributed by atoms with Crippen LogP contribution in [0.3, 0.4) is 0 Å². The molecular weight excluding hydrogens is 268 g/mol. The third kappa shape index (κ3) is 2.34. The summed E-state index contributed by atoms with van der Waals surface area (Å²) in [6, 6.07) is 15.4. The van der Waals surface area contributed by atoms with E-state index in [1.807, 2.05) is 48.5 Å². The summed E-state index contributed by atoms with van der Waals surface area (Å²) in [5.74, 6) is 0. The summed E-state index contributed by atoms with van der Waals surface area (Å²) in [5, 5.41) is 17.3. The Hall–Kier alpha value is -2.80. The molecule has 0 aliphatic rings. The van der Waals surface area contributed by atoms with Gasteiger partial charge in [0.05, 0.1) is 0 Å². The van der Waals surface area contributed by atoms with Crippen LogP contribution in [0.5, 0.6) is 0 Å². The zero-order valence-electron chi connectivity index (χ0n) is 11.1.